The SMILES string of the molecule is O=C(CCCc1nc2ccccc2s1)Nc1ccc(S(=O)(=O)NC2=NCCCCC2)cc1. The number of sulfonamides is 1. The number of aromatic nitrogens is 1. The number of fused-ring (bicyclic) bond motifs is 1. The number of aryl methyl sites for hydroxylation is 1. The number of nitrogens with one attached hydrogen (secondary N) is 2. The number of amides is 1. The van der Waals surface area contributed by atoms with Gasteiger partial charge in [0.2, 0.25) is 5.91 Å². The minimum absolute atomic E-state index is 0.104. The van der Waals surface area contributed by atoms with Gasteiger partial charge in [-0.15, -0.1) is 11.3 Å². The summed E-state index contributed by atoms with van der Waals surface area (Å²) in [5.41, 5.74) is 1.56. The molecule has 32 heavy (non-hydrogen) atoms. The number of benzene rings is 2. The maximum Gasteiger partial charge on any atom is 0.262 e. The van der Waals surface area contributed by atoms with Gasteiger partial charge in [0.05, 0.1) is 20.1 Å². The van der Waals surface area contributed by atoms with E-state index in [1.807, 2.05) is 24.3 Å². The van der Waals surface area contributed by atoms with Crippen LogP contribution < -0.4 is 10.0 Å². The molecule has 0 spiro atoms. The van der Waals surface area contributed by atoms with Crippen LogP contribution in [0, 0.1) is 0 Å². The van der Waals surface area contributed by atoms with Gasteiger partial charge in [0, 0.05) is 25.1 Å². The Morgan fingerprint density at radius 3 is 2.66 bits per heavy atom. The summed E-state index contributed by atoms with van der Waals surface area (Å²) in [4.78, 5) is 21.3. The lowest BCUT2D eigenvalue weighted by atomic mass is 10.2. The normalized spacial score (nSPS) is 14.6. The Bertz CT molecular complexity index is 1180. The number of carbonyl (C=O) groups excluding carboxylic acids is 1. The quantitative estimate of drug-likeness (QED) is 0.531. The van der Waals surface area contributed by atoms with Crippen LogP contribution in [0.1, 0.15) is 43.5 Å². The van der Waals surface area contributed by atoms with E-state index in [-0.39, 0.29) is 10.8 Å². The predicted molar refractivity (Wildman–Crippen MR) is 129 cm³/mol. The molecule has 7 nitrogen and oxygen atoms in total. The predicted octanol–water partition coefficient (Wildman–Crippen LogP) is 4.51. The smallest absolute Gasteiger partial charge is 0.262 e. The first-order valence-electron chi connectivity index (χ1n) is 10.8. The number of thiazole rings is 1. The van der Waals surface area contributed by atoms with Crippen LogP contribution in [-0.2, 0) is 21.2 Å². The van der Waals surface area contributed by atoms with Gasteiger partial charge in [0.15, 0.2) is 0 Å². The Labute approximate surface area is 192 Å². The molecular formula is C23H26N4O3S2. The summed E-state index contributed by atoms with van der Waals surface area (Å²) < 4.78 is 29.0. The number of nitrogens with zero attached hydrogens (tertiary/aromatic N) is 2. The summed E-state index contributed by atoms with van der Waals surface area (Å²) in [5.74, 6) is 0.417. The van der Waals surface area contributed by atoms with E-state index in [0.29, 0.717) is 37.3 Å². The molecule has 0 bridgehead atoms. The van der Waals surface area contributed by atoms with Gasteiger partial charge in [0.25, 0.3) is 10.0 Å². The summed E-state index contributed by atoms with van der Waals surface area (Å²) >= 11 is 1.66. The Balaban J connectivity index is 1.27. The molecular weight excluding hydrogens is 444 g/mol. The van der Waals surface area contributed by atoms with E-state index in [1.165, 1.54) is 12.1 Å². The van der Waals surface area contributed by atoms with Crippen LogP contribution >= 0.6 is 11.3 Å². The lowest BCUT2D eigenvalue weighted by Crippen LogP contribution is -2.30. The van der Waals surface area contributed by atoms with Gasteiger partial charge in [-0.3, -0.25) is 14.5 Å². The summed E-state index contributed by atoms with van der Waals surface area (Å²) in [6.07, 6.45) is 5.45. The maximum absolute atomic E-state index is 12.6. The fourth-order valence-electron chi connectivity index (χ4n) is 3.54. The molecule has 3 aromatic rings. The van der Waals surface area contributed by atoms with Gasteiger partial charge in [-0.1, -0.05) is 18.6 Å². The number of hydrogen-bond donors (Lipinski definition) is 2. The highest BCUT2D eigenvalue weighted by molar-refractivity contribution is 7.90. The summed E-state index contributed by atoms with van der Waals surface area (Å²) in [5, 5.41) is 3.86. The average Bonchev–Trinajstić information content (AvgIpc) is 3.02. The van der Waals surface area contributed by atoms with E-state index < -0.39 is 10.0 Å². The molecule has 0 fully saturated rings. The lowest BCUT2D eigenvalue weighted by molar-refractivity contribution is -0.116. The number of carbonyl (C=O) groups is 1. The maximum atomic E-state index is 12.6. The highest BCUT2D eigenvalue weighted by atomic mass is 32.2. The third-order valence-corrected chi connectivity index (χ3v) is 7.70. The molecule has 168 valence electrons. The van der Waals surface area contributed by atoms with Gasteiger partial charge in [0.1, 0.15) is 5.84 Å². The van der Waals surface area contributed by atoms with Gasteiger partial charge in [-0.2, -0.15) is 0 Å². The highest BCUT2D eigenvalue weighted by Gasteiger charge is 2.17. The number of rotatable bonds is 7. The molecule has 0 saturated heterocycles. The summed E-state index contributed by atoms with van der Waals surface area (Å²) in [6.45, 7) is 0.655. The number of amidine groups is 1. The molecule has 0 unspecified atom stereocenters. The lowest BCUT2D eigenvalue weighted by Gasteiger charge is -2.10. The molecule has 0 saturated carbocycles. The largest absolute Gasteiger partial charge is 0.326 e. The van der Waals surface area contributed by atoms with Crippen molar-refractivity contribution in [2.24, 2.45) is 4.99 Å². The summed E-state index contributed by atoms with van der Waals surface area (Å²) in [6, 6.07) is 14.2. The standard InChI is InChI=1S/C23H26N4O3S2/c28-22(10-6-11-23-26-19-7-3-4-8-20(19)31-23)25-17-12-14-18(15-13-17)32(29,30)27-21-9-2-1-5-16-24-21/h3-4,7-8,12-15H,1-2,5-6,9-11,16H2,(H,24,27)(H,25,28). The molecule has 1 aromatic heterocycles. The third kappa shape index (κ3) is 5.92. The van der Waals surface area contributed by atoms with Crippen molar-refractivity contribution >= 4 is 49.0 Å². The van der Waals surface area contributed by atoms with E-state index in [9.17, 15) is 13.2 Å². The molecule has 2 aromatic carbocycles. The van der Waals surface area contributed by atoms with E-state index in [2.05, 4.69) is 20.0 Å². The van der Waals surface area contributed by atoms with Crippen LogP contribution in [0.25, 0.3) is 10.2 Å². The topological polar surface area (TPSA) is 101 Å². The second-order valence-corrected chi connectivity index (χ2v) is 10.5. The molecule has 2 heterocycles. The van der Waals surface area contributed by atoms with Crippen LogP contribution in [0.15, 0.2) is 58.4 Å². The zero-order valence-corrected chi connectivity index (χ0v) is 19.3. The molecule has 4 rings (SSSR count). The van der Waals surface area contributed by atoms with Crippen LogP contribution in [0.3, 0.4) is 0 Å². The van der Waals surface area contributed by atoms with E-state index in [4.69, 9.17) is 0 Å². The van der Waals surface area contributed by atoms with Crippen molar-refractivity contribution in [3.8, 4) is 0 Å². The molecule has 0 aliphatic carbocycles. The number of hydrogen-bond acceptors (Lipinski definition) is 6. The van der Waals surface area contributed by atoms with Crippen LogP contribution in [-0.4, -0.2) is 31.7 Å². The van der Waals surface area contributed by atoms with Gasteiger partial charge in [-0.25, -0.2) is 13.4 Å². The van der Waals surface area contributed by atoms with Crippen molar-refractivity contribution in [2.75, 3.05) is 11.9 Å². The van der Waals surface area contributed by atoms with Crippen molar-refractivity contribution in [1.82, 2.24) is 9.71 Å². The van der Waals surface area contributed by atoms with Crippen molar-refractivity contribution < 1.29 is 13.2 Å². The average molecular weight is 471 g/mol. The Kier molecular flexibility index (Phi) is 7.16. The minimum Gasteiger partial charge on any atom is -0.326 e. The molecule has 1 aliphatic rings. The van der Waals surface area contributed by atoms with Crippen molar-refractivity contribution in [2.45, 2.75) is 49.8 Å². The number of para-hydroxylation sites is 1. The monoisotopic (exact) mass is 470 g/mol. The Morgan fingerprint density at radius 1 is 1.03 bits per heavy atom. The first-order chi connectivity index (χ1) is 15.5. The zero-order valence-electron chi connectivity index (χ0n) is 17.7. The van der Waals surface area contributed by atoms with Crippen LogP contribution in [0.2, 0.25) is 0 Å². The second-order valence-electron chi connectivity index (χ2n) is 7.75. The van der Waals surface area contributed by atoms with Crippen molar-refractivity contribution in [3.05, 3.63) is 53.5 Å². The second kappa shape index (κ2) is 10.2. The van der Waals surface area contributed by atoms with E-state index in [1.54, 1.807) is 23.5 Å². The Hall–Kier alpha value is -2.78. The summed E-state index contributed by atoms with van der Waals surface area (Å²) in [7, 11) is -3.68. The number of aliphatic imine (C=N–C) groups is 1. The minimum atomic E-state index is -3.68. The zero-order chi connectivity index (χ0) is 22.4. The molecule has 0 atom stereocenters. The van der Waals surface area contributed by atoms with Gasteiger partial charge in [-0.05, 0) is 62.1 Å². The fraction of sp³-hybridized carbons (Fsp3) is 0.348. The van der Waals surface area contributed by atoms with E-state index >= 15 is 0 Å². The fourth-order valence-corrected chi connectivity index (χ4v) is 5.64. The highest BCUT2D eigenvalue weighted by Crippen LogP contribution is 2.23. The van der Waals surface area contributed by atoms with Crippen LogP contribution in [0.5, 0.6) is 0 Å². The first-order valence-corrected chi connectivity index (χ1v) is 13.1. The molecule has 2 N–H and O–H groups in total. The van der Waals surface area contributed by atoms with Gasteiger partial charge < -0.3 is 5.32 Å². The van der Waals surface area contributed by atoms with Crippen molar-refractivity contribution in [3.63, 3.8) is 0 Å². The van der Waals surface area contributed by atoms with Crippen molar-refractivity contribution in [1.29, 1.82) is 0 Å². The molecule has 1 amide bonds. The first kappa shape index (κ1) is 22.4. The van der Waals surface area contributed by atoms with E-state index in [0.717, 1.165) is 40.9 Å². The van der Waals surface area contributed by atoms with Gasteiger partial charge >= 0.3 is 0 Å². The third-order valence-electron chi connectivity index (χ3n) is 5.21. The van der Waals surface area contributed by atoms with Crippen LogP contribution in [0.4, 0.5) is 5.69 Å². The molecule has 0 radical (unpaired) electrons. The number of anilines is 1. The molecule has 9 heteroatoms. The molecule has 1 aliphatic heterocycles. The Morgan fingerprint density at radius 2 is 1.84 bits per heavy atom.